The van der Waals surface area contributed by atoms with E-state index < -0.39 is 45.4 Å². The molecule has 186 valence electrons. The van der Waals surface area contributed by atoms with Crippen LogP contribution in [0.5, 0.6) is 5.75 Å². The van der Waals surface area contributed by atoms with Gasteiger partial charge in [-0.2, -0.15) is 0 Å². The average molecular weight is 492 g/mol. The van der Waals surface area contributed by atoms with E-state index in [9.17, 15) is 18.9 Å². The third-order valence-corrected chi connectivity index (χ3v) is 8.44. The number of ether oxygens (including phenoxy) is 2. The highest BCUT2D eigenvalue weighted by molar-refractivity contribution is 7.90. The molecule has 3 atom stereocenters. The fourth-order valence-electron chi connectivity index (χ4n) is 4.77. The number of amides is 4. The van der Waals surface area contributed by atoms with Crippen LogP contribution >= 0.6 is 0 Å². The Balaban J connectivity index is 1.59. The second kappa shape index (κ2) is 9.85. The number of benzene rings is 1. The highest BCUT2D eigenvalue weighted by Gasteiger charge is 2.48. The fraction of sp³-hybridized carbons (Fsp3) is 0.625. The van der Waals surface area contributed by atoms with E-state index in [0.29, 0.717) is 51.3 Å². The lowest BCUT2D eigenvalue weighted by Crippen LogP contribution is -2.62. The average Bonchev–Trinajstić information content (AvgIpc) is 2.79. The van der Waals surface area contributed by atoms with Crippen LogP contribution in [0.4, 0.5) is 4.79 Å². The summed E-state index contributed by atoms with van der Waals surface area (Å²) in [5.41, 5.74) is 0.123. The molecule has 0 unspecified atom stereocenters. The number of fused-ring (bicyclic) bond motifs is 1. The van der Waals surface area contributed by atoms with Crippen molar-refractivity contribution in [2.24, 2.45) is 5.92 Å². The largest absolute Gasteiger partial charge is 0.598 e. The minimum absolute atomic E-state index is 0.209. The number of rotatable bonds is 6. The number of carbonyl (C=O) groups is 3. The van der Waals surface area contributed by atoms with Crippen LogP contribution in [0.25, 0.3) is 0 Å². The molecule has 2 fully saturated rings. The summed E-state index contributed by atoms with van der Waals surface area (Å²) in [6, 6.07) is 6.65. The zero-order valence-electron chi connectivity index (χ0n) is 19.9. The van der Waals surface area contributed by atoms with Crippen molar-refractivity contribution in [1.29, 1.82) is 0 Å². The Morgan fingerprint density at radius 2 is 1.88 bits per heavy atom. The first-order chi connectivity index (χ1) is 16.1. The third-order valence-electron chi connectivity index (χ3n) is 6.75. The Labute approximate surface area is 203 Å². The van der Waals surface area contributed by atoms with E-state index >= 15 is 0 Å². The number of imide groups is 2. The van der Waals surface area contributed by atoms with Crippen molar-refractivity contribution in [2.75, 3.05) is 19.8 Å². The predicted molar refractivity (Wildman–Crippen MR) is 126 cm³/mol. The Kier molecular flexibility index (Phi) is 7.23. The Hall–Kier alpha value is -2.14. The van der Waals surface area contributed by atoms with Gasteiger partial charge < -0.3 is 14.0 Å². The van der Waals surface area contributed by atoms with Crippen molar-refractivity contribution < 1.29 is 28.4 Å². The van der Waals surface area contributed by atoms with Crippen molar-refractivity contribution in [3.8, 4) is 5.75 Å². The van der Waals surface area contributed by atoms with Crippen molar-refractivity contribution in [2.45, 2.75) is 69.2 Å². The van der Waals surface area contributed by atoms with Gasteiger partial charge >= 0.3 is 6.03 Å². The minimum atomic E-state index is -1.39. The van der Waals surface area contributed by atoms with Crippen molar-refractivity contribution in [3.05, 3.63) is 29.8 Å². The van der Waals surface area contributed by atoms with Gasteiger partial charge in [0.05, 0.1) is 12.1 Å². The first-order valence-electron chi connectivity index (χ1n) is 11.8. The smallest absolute Gasteiger partial charge is 0.331 e. The molecule has 0 spiro atoms. The molecule has 3 heterocycles. The summed E-state index contributed by atoms with van der Waals surface area (Å²) in [6.07, 6.45) is 2.24. The van der Waals surface area contributed by atoms with Crippen LogP contribution in [0.3, 0.4) is 0 Å². The summed E-state index contributed by atoms with van der Waals surface area (Å²) in [7, 11) is 0. The van der Waals surface area contributed by atoms with Crippen LogP contribution < -0.4 is 14.8 Å². The number of nitrogens with zero attached hydrogens (tertiary/aromatic N) is 1. The van der Waals surface area contributed by atoms with E-state index in [-0.39, 0.29) is 12.5 Å². The SMILES string of the molecule is CC(C)(C)[S@+]([O-])N[C@@]1(CC[C@H]2C(=O)NC(=O)N(C3CCOCC3)C2=O)CCOc2ccccc21. The topological polar surface area (TPSA) is 120 Å². The quantitative estimate of drug-likeness (QED) is 0.463. The standard InChI is InChI=1S/C24H33N3O6S/c1-23(2,3)34(31)26-24(12-15-33-19-7-5-4-6-18(19)24)11-8-17-20(28)25-22(30)27(21(17)29)16-9-13-32-14-10-16/h4-7,16-17,26H,8-15H2,1-3H3,(H,25,28,30)/t17-,24-,34-/m0/s1. The second-order valence-electron chi connectivity index (χ2n) is 10.1. The van der Waals surface area contributed by atoms with Gasteiger partial charge in [0.1, 0.15) is 16.4 Å². The van der Waals surface area contributed by atoms with Gasteiger partial charge in [-0.15, -0.1) is 4.72 Å². The van der Waals surface area contributed by atoms with E-state index in [4.69, 9.17) is 9.47 Å². The predicted octanol–water partition coefficient (Wildman–Crippen LogP) is 2.37. The fourth-order valence-corrected chi connectivity index (χ4v) is 5.75. The summed E-state index contributed by atoms with van der Waals surface area (Å²) in [5, 5.41) is 2.37. The maximum Gasteiger partial charge on any atom is 0.331 e. The molecule has 3 aliphatic heterocycles. The van der Waals surface area contributed by atoms with Gasteiger partial charge in [-0.3, -0.25) is 19.8 Å². The van der Waals surface area contributed by atoms with Gasteiger partial charge in [0, 0.05) is 42.6 Å². The molecule has 0 aromatic heterocycles. The molecular formula is C24H33N3O6S. The van der Waals surface area contributed by atoms with Crippen LogP contribution in [0.2, 0.25) is 0 Å². The second-order valence-corrected chi connectivity index (χ2v) is 12.1. The van der Waals surface area contributed by atoms with Crippen molar-refractivity contribution in [1.82, 2.24) is 14.9 Å². The minimum Gasteiger partial charge on any atom is -0.598 e. The number of barbiturate groups is 1. The van der Waals surface area contributed by atoms with Gasteiger partial charge in [0.25, 0.3) is 0 Å². The summed E-state index contributed by atoms with van der Waals surface area (Å²) in [6.45, 7) is 7.05. The highest BCUT2D eigenvalue weighted by Crippen LogP contribution is 2.42. The summed E-state index contributed by atoms with van der Waals surface area (Å²) in [5.74, 6) is -1.33. The van der Waals surface area contributed by atoms with E-state index in [1.165, 1.54) is 4.90 Å². The first-order valence-corrected chi connectivity index (χ1v) is 12.9. The number of hydrogen-bond donors (Lipinski definition) is 2. The number of nitrogens with one attached hydrogen (secondary N) is 2. The number of urea groups is 1. The van der Waals surface area contributed by atoms with Crippen LogP contribution in [-0.2, 0) is 31.2 Å². The normalized spacial score (nSPS) is 27.1. The molecule has 2 N–H and O–H groups in total. The van der Waals surface area contributed by atoms with Gasteiger partial charge in [-0.1, -0.05) is 18.2 Å². The third kappa shape index (κ3) is 4.95. The highest BCUT2D eigenvalue weighted by atomic mass is 32.2. The van der Waals surface area contributed by atoms with Gasteiger partial charge in [-0.25, -0.2) is 4.79 Å². The van der Waals surface area contributed by atoms with E-state index in [2.05, 4.69) is 10.0 Å². The van der Waals surface area contributed by atoms with E-state index in [0.717, 1.165) is 5.56 Å². The molecule has 3 aliphatic rings. The van der Waals surface area contributed by atoms with Crippen LogP contribution in [0, 0.1) is 5.92 Å². The molecule has 4 rings (SSSR count). The molecule has 10 heteroatoms. The summed E-state index contributed by atoms with van der Waals surface area (Å²) < 4.78 is 27.2. The molecule has 0 aliphatic carbocycles. The summed E-state index contributed by atoms with van der Waals surface area (Å²) in [4.78, 5) is 39.8. The number of hydrogen-bond acceptors (Lipinski definition) is 7. The molecule has 0 radical (unpaired) electrons. The molecular weight excluding hydrogens is 458 g/mol. The number of carbonyl (C=O) groups excluding carboxylic acids is 3. The van der Waals surface area contributed by atoms with E-state index in [1.54, 1.807) is 0 Å². The molecule has 0 bridgehead atoms. The maximum absolute atomic E-state index is 13.3. The molecule has 1 aromatic rings. The molecule has 9 nitrogen and oxygen atoms in total. The molecule has 4 amide bonds. The maximum atomic E-state index is 13.3. The Morgan fingerprint density at radius 3 is 2.59 bits per heavy atom. The molecule has 1 aromatic carbocycles. The molecule has 34 heavy (non-hydrogen) atoms. The van der Waals surface area contributed by atoms with Crippen molar-refractivity contribution in [3.63, 3.8) is 0 Å². The Bertz CT molecular complexity index is 945. The van der Waals surface area contributed by atoms with Gasteiger partial charge in [0.15, 0.2) is 0 Å². The first kappa shape index (κ1) is 25.0. The zero-order chi connectivity index (χ0) is 24.5. The lowest BCUT2D eigenvalue weighted by molar-refractivity contribution is -0.145. The summed E-state index contributed by atoms with van der Waals surface area (Å²) >= 11 is -1.39. The van der Waals surface area contributed by atoms with E-state index in [1.807, 2.05) is 45.0 Å². The lowest BCUT2D eigenvalue weighted by atomic mass is 9.79. The number of para-hydroxylation sites is 1. The van der Waals surface area contributed by atoms with Crippen LogP contribution in [-0.4, -0.2) is 57.9 Å². The van der Waals surface area contributed by atoms with Gasteiger partial charge in [-0.05, 0) is 52.5 Å². The monoisotopic (exact) mass is 491 g/mol. The zero-order valence-corrected chi connectivity index (χ0v) is 20.7. The molecule has 0 saturated carbocycles. The van der Waals surface area contributed by atoms with Gasteiger partial charge in [0.2, 0.25) is 11.8 Å². The lowest BCUT2D eigenvalue weighted by Gasteiger charge is -2.42. The van der Waals surface area contributed by atoms with Crippen LogP contribution in [0.15, 0.2) is 24.3 Å². The Morgan fingerprint density at radius 1 is 1.18 bits per heavy atom. The van der Waals surface area contributed by atoms with Crippen LogP contribution in [0.1, 0.15) is 58.4 Å². The molecule has 2 saturated heterocycles. The van der Waals surface area contributed by atoms with Crippen molar-refractivity contribution >= 4 is 29.2 Å².